The van der Waals surface area contributed by atoms with Gasteiger partial charge in [-0.2, -0.15) is 0 Å². The summed E-state index contributed by atoms with van der Waals surface area (Å²) in [5, 5.41) is 0. The van der Waals surface area contributed by atoms with Crippen molar-refractivity contribution in [2.24, 2.45) is 0 Å². The van der Waals surface area contributed by atoms with E-state index in [1.165, 1.54) is 0 Å². The highest BCUT2D eigenvalue weighted by molar-refractivity contribution is 9.10. The van der Waals surface area contributed by atoms with Crippen molar-refractivity contribution in [3.63, 3.8) is 0 Å². The van der Waals surface area contributed by atoms with Crippen molar-refractivity contribution >= 4 is 15.9 Å². The molecule has 0 N–H and O–H groups in total. The third-order valence-electron chi connectivity index (χ3n) is 0.694. The first-order valence-electron chi connectivity index (χ1n) is 3.57. The van der Waals surface area contributed by atoms with Gasteiger partial charge in [-0.3, -0.25) is 0 Å². The first-order valence-corrected chi connectivity index (χ1v) is 2.86. The van der Waals surface area contributed by atoms with Gasteiger partial charge in [0.25, 0.3) is 0 Å². The Morgan fingerprint density at radius 3 is 2.78 bits per heavy atom. The summed E-state index contributed by atoms with van der Waals surface area (Å²) in [4.78, 5) is 0. The van der Waals surface area contributed by atoms with Crippen molar-refractivity contribution in [1.29, 1.82) is 0 Å². The Bertz CT molecular complexity index is 235. The largest absolute Gasteiger partial charge is 0.207 e. The second kappa shape index (κ2) is 2.43. The van der Waals surface area contributed by atoms with Crippen molar-refractivity contribution < 1.29 is 12.9 Å². The minimum Gasteiger partial charge on any atom is -0.207 e. The minimum absolute atomic E-state index is 0.348. The van der Waals surface area contributed by atoms with Crippen LogP contribution in [0.2, 0.25) is 0 Å². The van der Waals surface area contributed by atoms with Gasteiger partial charge in [-0.25, -0.2) is 8.78 Å². The maximum Gasteiger partial charge on any atom is 0.140 e. The zero-order valence-corrected chi connectivity index (χ0v) is 5.72. The Labute approximate surface area is 63.8 Å². The molecule has 0 aliphatic heterocycles. The maximum atomic E-state index is 12.8. The fourth-order valence-electron chi connectivity index (χ4n) is 0.347. The van der Waals surface area contributed by atoms with Crippen LogP contribution in [0.1, 0.15) is 4.11 Å². The van der Waals surface area contributed by atoms with E-state index in [0.717, 1.165) is 0 Å². The molecule has 0 fully saturated rings. The maximum absolute atomic E-state index is 12.8. The number of rotatable bonds is 0. The molecule has 48 valence electrons. The lowest BCUT2D eigenvalue weighted by atomic mass is 10.3. The summed E-state index contributed by atoms with van der Waals surface area (Å²) in [5.41, 5.74) is 0. The molecule has 1 rings (SSSR count). The van der Waals surface area contributed by atoms with Crippen LogP contribution in [-0.4, -0.2) is 0 Å². The van der Waals surface area contributed by atoms with E-state index >= 15 is 0 Å². The highest BCUT2D eigenvalue weighted by Gasteiger charge is 1.97. The van der Waals surface area contributed by atoms with Crippen molar-refractivity contribution in [3.05, 3.63) is 34.2 Å². The van der Waals surface area contributed by atoms with E-state index in [1.54, 1.807) is 0 Å². The van der Waals surface area contributed by atoms with Gasteiger partial charge in [0, 0.05) is 6.04 Å². The molecular formula is C6H3BrF2. The van der Waals surface area contributed by atoms with E-state index in [1.807, 2.05) is 0 Å². The summed E-state index contributed by atoms with van der Waals surface area (Å²) in [6.07, 6.45) is 0. The molecule has 0 atom stereocenters. The number of hydrogen-bond acceptors (Lipinski definition) is 0. The van der Waals surface area contributed by atoms with E-state index in [9.17, 15) is 8.78 Å². The number of benzene rings is 1. The topological polar surface area (TPSA) is 0 Å². The van der Waals surface area contributed by atoms with Crippen LogP contribution in [0.5, 0.6) is 0 Å². The van der Waals surface area contributed by atoms with Gasteiger partial charge >= 0.3 is 0 Å². The van der Waals surface area contributed by atoms with Gasteiger partial charge < -0.3 is 0 Å². The van der Waals surface area contributed by atoms with Crippen molar-refractivity contribution in [1.82, 2.24) is 0 Å². The summed E-state index contributed by atoms with van der Waals surface area (Å²) in [6.45, 7) is 0. The van der Waals surface area contributed by atoms with Crippen LogP contribution in [0.25, 0.3) is 0 Å². The Morgan fingerprint density at radius 1 is 1.44 bits per heavy atom. The molecule has 0 bridgehead atoms. The van der Waals surface area contributed by atoms with Crippen LogP contribution < -0.4 is 0 Å². The van der Waals surface area contributed by atoms with E-state index in [2.05, 4.69) is 15.9 Å². The fraction of sp³-hybridized carbons (Fsp3) is 0. The molecular weight excluding hydrogens is 190 g/mol. The average Bonchev–Trinajstić information content (AvgIpc) is 2.08. The molecule has 0 amide bonds. The predicted octanol–water partition coefficient (Wildman–Crippen LogP) is 2.73. The lowest BCUT2D eigenvalue weighted by molar-refractivity contribution is 0.579. The monoisotopic (exact) mass is 195 g/mol. The van der Waals surface area contributed by atoms with Crippen molar-refractivity contribution in [2.75, 3.05) is 0 Å². The molecule has 1 aromatic carbocycles. The molecule has 0 aliphatic rings. The molecule has 1 aromatic rings. The standard InChI is InChI=1S/C6H3BrF2/c7-5-2-1-4(8)3-6(5)9/h1-3H/i1D,2D,3D. The molecule has 3 heteroatoms. The quantitative estimate of drug-likeness (QED) is 0.559. The van der Waals surface area contributed by atoms with Crippen LogP contribution >= 0.6 is 15.9 Å². The van der Waals surface area contributed by atoms with Gasteiger partial charge in [0.05, 0.1) is 8.58 Å². The molecule has 0 spiro atoms. The van der Waals surface area contributed by atoms with E-state index in [4.69, 9.17) is 4.11 Å². The summed E-state index contributed by atoms with van der Waals surface area (Å²) in [5.74, 6) is -2.45. The van der Waals surface area contributed by atoms with E-state index in [0.29, 0.717) is 0 Å². The molecule has 0 aliphatic carbocycles. The summed E-state index contributed by atoms with van der Waals surface area (Å²) >= 11 is 2.65. The summed E-state index contributed by atoms with van der Waals surface area (Å²) < 4.78 is 45.9. The molecule has 0 unspecified atom stereocenters. The summed E-state index contributed by atoms with van der Waals surface area (Å²) in [6, 6.07) is -2.34. The van der Waals surface area contributed by atoms with Crippen LogP contribution in [0.15, 0.2) is 22.6 Å². The lowest BCUT2D eigenvalue weighted by Crippen LogP contribution is -1.78. The van der Waals surface area contributed by atoms with E-state index < -0.39 is 29.8 Å². The van der Waals surface area contributed by atoms with Crippen LogP contribution in [-0.2, 0) is 0 Å². The molecule has 0 nitrogen and oxygen atoms in total. The van der Waals surface area contributed by atoms with Gasteiger partial charge in [-0.15, -0.1) is 0 Å². The molecule has 0 aromatic heterocycles. The van der Waals surface area contributed by atoms with Crippen LogP contribution in [0.3, 0.4) is 0 Å². The van der Waals surface area contributed by atoms with Crippen molar-refractivity contribution in [3.8, 4) is 0 Å². The smallest absolute Gasteiger partial charge is 0.140 e. The Kier molecular flexibility index (Phi) is 0.990. The van der Waals surface area contributed by atoms with E-state index in [-0.39, 0.29) is 4.47 Å². The van der Waals surface area contributed by atoms with Crippen molar-refractivity contribution in [2.45, 2.75) is 0 Å². The molecule has 0 heterocycles. The number of hydrogen-bond donors (Lipinski definition) is 0. The van der Waals surface area contributed by atoms with Gasteiger partial charge in [-0.05, 0) is 28.0 Å². The molecule has 0 saturated carbocycles. The fourth-order valence-corrected chi connectivity index (χ4v) is 0.545. The number of halogens is 3. The predicted molar refractivity (Wildman–Crippen MR) is 34.1 cm³/mol. The van der Waals surface area contributed by atoms with Gasteiger partial charge in [0.15, 0.2) is 0 Å². The molecule has 0 radical (unpaired) electrons. The molecule has 9 heavy (non-hydrogen) atoms. The Morgan fingerprint density at radius 2 is 2.11 bits per heavy atom. The third kappa shape index (κ3) is 1.48. The normalized spacial score (nSPS) is 14.3. The van der Waals surface area contributed by atoms with Gasteiger partial charge in [-0.1, -0.05) is 0 Å². The first kappa shape index (κ1) is 3.66. The Balaban J connectivity index is 3.60. The average molecular weight is 196 g/mol. The Hall–Kier alpha value is -0.440. The van der Waals surface area contributed by atoms with Gasteiger partial charge in [0.1, 0.15) is 11.6 Å². The SMILES string of the molecule is [2H]c1c([2H])c(Br)c(F)c([2H])c1F. The highest BCUT2D eigenvalue weighted by atomic mass is 79.9. The highest BCUT2D eigenvalue weighted by Crippen LogP contribution is 2.14. The first-order chi connectivity index (χ1) is 5.46. The third-order valence-corrected chi connectivity index (χ3v) is 1.24. The zero-order valence-electron chi connectivity index (χ0n) is 7.13. The van der Waals surface area contributed by atoms with Crippen LogP contribution in [0, 0.1) is 11.6 Å². The second-order valence-corrected chi connectivity index (χ2v) is 2.11. The lowest BCUT2D eigenvalue weighted by Gasteiger charge is -1.90. The molecule has 0 saturated heterocycles. The second-order valence-electron chi connectivity index (χ2n) is 1.32. The van der Waals surface area contributed by atoms with Gasteiger partial charge in [0.2, 0.25) is 0 Å². The van der Waals surface area contributed by atoms with Crippen LogP contribution in [0.4, 0.5) is 8.78 Å². The zero-order chi connectivity index (χ0) is 9.46. The summed E-state index contributed by atoms with van der Waals surface area (Å²) in [7, 11) is 0. The minimum atomic E-state index is -1.30.